The Labute approximate surface area is 196 Å². The number of benzene rings is 2. The number of ketones is 1. The highest BCUT2D eigenvalue weighted by atomic mass is 35.5. The van der Waals surface area contributed by atoms with Crippen LogP contribution in [-0.2, 0) is 19.7 Å². The molecule has 1 N–H and O–H groups in total. The molecule has 1 aliphatic carbocycles. The maximum Gasteiger partial charge on any atom is 0.407 e. The second-order valence-corrected chi connectivity index (χ2v) is 8.29. The summed E-state index contributed by atoms with van der Waals surface area (Å²) in [6, 6.07) is 11.9. The zero-order chi connectivity index (χ0) is 23.3. The summed E-state index contributed by atoms with van der Waals surface area (Å²) in [5, 5.41) is 3.18. The Balaban J connectivity index is 1.27. The third-order valence-electron chi connectivity index (χ3n) is 5.87. The van der Waals surface area contributed by atoms with Crippen LogP contribution >= 0.6 is 11.6 Å². The van der Waals surface area contributed by atoms with Crippen molar-refractivity contribution in [3.63, 3.8) is 0 Å². The maximum atomic E-state index is 12.9. The minimum absolute atomic E-state index is 0.0554. The van der Waals surface area contributed by atoms with Crippen molar-refractivity contribution in [1.29, 1.82) is 0 Å². The summed E-state index contributed by atoms with van der Waals surface area (Å²) in [7, 11) is 0. The quantitative estimate of drug-likeness (QED) is 0.478. The van der Waals surface area contributed by atoms with Crippen LogP contribution in [0.5, 0.6) is 11.5 Å². The van der Waals surface area contributed by atoms with Crippen LogP contribution < -0.4 is 14.8 Å². The molecule has 0 aromatic heterocycles. The largest absolute Gasteiger partial charge is 0.458 e. The molecule has 1 atom stereocenters. The van der Waals surface area contributed by atoms with Crippen LogP contribution in [0, 0.1) is 0 Å². The molecule has 0 saturated heterocycles. The van der Waals surface area contributed by atoms with Crippen molar-refractivity contribution in [2.24, 2.45) is 0 Å². The van der Waals surface area contributed by atoms with Crippen LogP contribution in [0.25, 0.3) is 0 Å². The van der Waals surface area contributed by atoms with Gasteiger partial charge in [0, 0.05) is 18.0 Å². The molecule has 2 aromatic carbocycles. The van der Waals surface area contributed by atoms with Crippen LogP contribution in [0.2, 0.25) is 5.02 Å². The Morgan fingerprint density at radius 1 is 1.03 bits per heavy atom. The summed E-state index contributed by atoms with van der Waals surface area (Å²) in [4.78, 5) is 37.3. The van der Waals surface area contributed by atoms with Crippen molar-refractivity contribution in [3.8, 4) is 11.5 Å². The van der Waals surface area contributed by atoms with Crippen molar-refractivity contribution >= 4 is 29.4 Å². The molecule has 1 saturated carbocycles. The lowest BCUT2D eigenvalue weighted by Crippen LogP contribution is -2.48. The molecule has 1 heterocycles. The lowest BCUT2D eigenvalue weighted by atomic mass is 9.68. The molecule has 0 bridgehead atoms. The highest BCUT2D eigenvalue weighted by molar-refractivity contribution is 6.31. The number of carbonyl (C=O) groups is 3. The van der Waals surface area contributed by atoms with Gasteiger partial charge in [-0.1, -0.05) is 36.2 Å². The molecule has 33 heavy (non-hydrogen) atoms. The topological polar surface area (TPSA) is 100 Å². The molecule has 8 nitrogen and oxygen atoms in total. The number of ether oxygens (including phenoxy) is 4. The fourth-order valence-electron chi connectivity index (χ4n) is 4.16. The third kappa shape index (κ3) is 5.06. The SMILES string of the molecule is O=C(NC[C@@]1(c2ccccc2Cl)CCCCC1=O)OCCOC(=O)c1ccc2c(c1)OCO2. The first kappa shape index (κ1) is 22.9. The van der Waals surface area contributed by atoms with E-state index >= 15 is 0 Å². The van der Waals surface area contributed by atoms with Crippen LogP contribution in [0.3, 0.4) is 0 Å². The lowest BCUT2D eigenvalue weighted by molar-refractivity contribution is -0.126. The molecule has 174 valence electrons. The van der Waals surface area contributed by atoms with E-state index in [2.05, 4.69) is 5.32 Å². The number of Topliss-reactive ketones (excluding diaryl/α,β-unsaturated/α-hetero) is 1. The Morgan fingerprint density at radius 2 is 1.82 bits per heavy atom. The van der Waals surface area contributed by atoms with Gasteiger partial charge in [0.2, 0.25) is 6.79 Å². The number of hydrogen-bond acceptors (Lipinski definition) is 7. The summed E-state index contributed by atoms with van der Waals surface area (Å²) in [6.45, 7) is -0.0457. The molecular formula is C24H24ClNO7. The van der Waals surface area contributed by atoms with Crippen LogP contribution in [-0.4, -0.2) is 44.4 Å². The van der Waals surface area contributed by atoms with Gasteiger partial charge in [0.25, 0.3) is 0 Å². The highest BCUT2D eigenvalue weighted by Crippen LogP contribution is 2.39. The first-order valence-electron chi connectivity index (χ1n) is 10.8. The maximum absolute atomic E-state index is 12.9. The molecule has 2 aromatic rings. The summed E-state index contributed by atoms with van der Waals surface area (Å²) >= 11 is 6.38. The van der Waals surface area contributed by atoms with E-state index in [0.29, 0.717) is 40.5 Å². The summed E-state index contributed by atoms with van der Waals surface area (Å²) in [5.74, 6) is 0.532. The zero-order valence-electron chi connectivity index (χ0n) is 17.9. The number of fused-ring (bicyclic) bond motifs is 1. The average Bonchev–Trinajstić information content (AvgIpc) is 3.30. The fourth-order valence-corrected chi connectivity index (χ4v) is 4.47. The van der Waals surface area contributed by atoms with Gasteiger partial charge in [0.1, 0.15) is 19.0 Å². The summed E-state index contributed by atoms with van der Waals surface area (Å²) < 4.78 is 20.7. The molecule has 0 spiro atoms. The molecule has 9 heteroatoms. The van der Waals surface area contributed by atoms with Crippen molar-refractivity contribution < 1.29 is 33.3 Å². The summed E-state index contributed by atoms with van der Waals surface area (Å²) in [5.41, 5.74) is 0.150. The number of hydrogen-bond donors (Lipinski definition) is 1. The van der Waals surface area contributed by atoms with Gasteiger partial charge in [0.15, 0.2) is 11.5 Å². The molecule has 1 fully saturated rings. The van der Waals surface area contributed by atoms with Crippen LogP contribution in [0.15, 0.2) is 42.5 Å². The molecule has 1 amide bonds. The third-order valence-corrected chi connectivity index (χ3v) is 6.20. The zero-order valence-corrected chi connectivity index (χ0v) is 18.7. The van der Waals surface area contributed by atoms with Gasteiger partial charge >= 0.3 is 12.1 Å². The van der Waals surface area contributed by atoms with E-state index in [0.717, 1.165) is 12.8 Å². The second kappa shape index (κ2) is 10.1. The Kier molecular flexibility index (Phi) is 7.03. The van der Waals surface area contributed by atoms with Crippen molar-refractivity contribution in [1.82, 2.24) is 5.32 Å². The van der Waals surface area contributed by atoms with E-state index in [-0.39, 0.29) is 32.3 Å². The number of nitrogens with one attached hydrogen (secondary N) is 1. The van der Waals surface area contributed by atoms with Crippen LogP contribution in [0.1, 0.15) is 41.6 Å². The molecular weight excluding hydrogens is 450 g/mol. The van der Waals surface area contributed by atoms with Gasteiger partial charge in [0.05, 0.1) is 11.0 Å². The molecule has 1 aliphatic heterocycles. The van der Waals surface area contributed by atoms with Gasteiger partial charge in [-0.3, -0.25) is 4.79 Å². The van der Waals surface area contributed by atoms with Crippen molar-refractivity contribution in [2.45, 2.75) is 31.1 Å². The second-order valence-electron chi connectivity index (χ2n) is 7.89. The summed E-state index contributed by atoms with van der Waals surface area (Å²) in [6.07, 6.45) is 2.04. The van der Waals surface area contributed by atoms with Gasteiger partial charge < -0.3 is 24.3 Å². The van der Waals surface area contributed by atoms with Crippen molar-refractivity contribution in [3.05, 3.63) is 58.6 Å². The molecule has 0 unspecified atom stereocenters. The average molecular weight is 474 g/mol. The van der Waals surface area contributed by atoms with E-state index in [9.17, 15) is 14.4 Å². The predicted molar refractivity (Wildman–Crippen MR) is 119 cm³/mol. The normalized spacial score (nSPS) is 19.1. The van der Waals surface area contributed by atoms with E-state index < -0.39 is 17.5 Å². The predicted octanol–water partition coefficient (Wildman–Crippen LogP) is 4.03. The van der Waals surface area contributed by atoms with Gasteiger partial charge in [-0.05, 0) is 42.7 Å². The van der Waals surface area contributed by atoms with E-state index in [4.69, 9.17) is 30.5 Å². The number of carbonyl (C=O) groups excluding carboxylic acids is 3. The smallest absolute Gasteiger partial charge is 0.407 e. The van der Waals surface area contributed by atoms with Gasteiger partial charge in [-0.15, -0.1) is 0 Å². The first-order valence-corrected chi connectivity index (χ1v) is 11.1. The number of amides is 1. The first-order chi connectivity index (χ1) is 16.0. The standard InChI is InChI=1S/C24H24ClNO7/c25-18-6-2-1-5-17(18)24(10-4-3-7-21(24)27)14-26-23(29)31-12-11-30-22(28)16-8-9-19-20(13-16)33-15-32-19/h1-2,5-6,8-9,13H,3-4,7,10-12,14-15H2,(H,26,29)/t24-/m1/s1. The van der Waals surface area contributed by atoms with E-state index in [1.54, 1.807) is 24.3 Å². The van der Waals surface area contributed by atoms with E-state index in [1.807, 2.05) is 12.1 Å². The Morgan fingerprint density at radius 3 is 2.64 bits per heavy atom. The fraction of sp³-hybridized carbons (Fsp3) is 0.375. The molecule has 2 aliphatic rings. The Hall–Kier alpha value is -3.26. The Bertz CT molecular complexity index is 1060. The molecule has 4 rings (SSSR count). The monoisotopic (exact) mass is 473 g/mol. The van der Waals surface area contributed by atoms with Gasteiger partial charge in [-0.25, -0.2) is 9.59 Å². The number of esters is 1. The van der Waals surface area contributed by atoms with Gasteiger partial charge in [-0.2, -0.15) is 0 Å². The number of alkyl carbamates (subject to hydrolysis) is 1. The van der Waals surface area contributed by atoms with Crippen LogP contribution in [0.4, 0.5) is 4.79 Å². The highest BCUT2D eigenvalue weighted by Gasteiger charge is 2.42. The minimum atomic E-state index is -0.874. The van der Waals surface area contributed by atoms with E-state index in [1.165, 1.54) is 6.07 Å². The lowest BCUT2D eigenvalue weighted by Gasteiger charge is -2.36. The number of halogens is 1. The van der Waals surface area contributed by atoms with Crippen molar-refractivity contribution in [2.75, 3.05) is 26.6 Å². The number of rotatable bonds is 7. The molecule has 0 radical (unpaired) electrons. The minimum Gasteiger partial charge on any atom is -0.458 e.